The van der Waals surface area contributed by atoms with Gasteiger partial charge in [-0.1, -0.05) is 18.2 Å². The summed E-state index contributed by atoms with van der Waals surface area (Å²) >= 11 is 0. The van der Waals surface area contributed by atoms with Gasteiger partial charge in [0.15, 0.2) is 0 Å². The normalized spacial score (nSPS) is 24.3. The van der Waals surface area contributed by atoms with Crippen molar-refractivity contribution in [2.45, 2.75) is 19.3 Å². The van der Waals surface area contributed by atoms with Gasteiger partial charge in [-0.25, -0.2) is 0 Å². The monoisotopic (exact) mass is 186 g/mol. The van der Waals surface area contributed by atoms with Gasteiger partial charge >= 0.3 is 0 Å². The largest absolute Gasteiger partial charge is 0.344 e. The maximum Gasteiger partial charge on any atom is 0.104 e. The summed E-state index contributed by atoms with van der Waals surface area (Å²) in [6.07, 6.45) is 3.71. The predicted molar refractivity (Wildman–Crippen MR) is 58.8 cm³/mol. The summed E-state index contributed by atoms with van der Waals surface area (Å²) in [5, 5.41) is 3.45. The highest BCUT2D eigenvalue weighted by Gasteiger charge is 2.25. The quantitative estimate of drug-likeness (QED) is 0.661. The Hall–Kier alpha value is -1.31. The van der Waals surface area contributed by atoms with E-state index in [9.17, 15) is 0 Å². The summed E-state index contributed by atoms with van der Waals surface area (Å²) in [7, 11) is 0. The average molecular weight is 186 g/mol. The number of nitrogens with zero attached hydrogens (tertiary/aromatic N) is 1. The van der Waals surface area contributed by atoms with E-state index in [0.717, 1.165) is 6.54 Å². The van der Waals surface area contributed by atoms with Crippen molar-refractivity contribution in [2.75, 3.05) is 11.9 Å². The van der Waals surface area contributed by atoms with Crippen LogP contribution in [-0.4, -0.2) is 12.4 Å². The minimum absolute atomic E-state index is 0.652. The highest BCUT2D eigenvalue weighted by Crippen LogP contribution is 2.29. The molecule has 0 radical (unpaired) electrons. The summed E-state index contributed by atoms with van der Waals surface area (Å²) in [5.41, 5.74) is 2.70. The van der Waals surface area contributed by atoms with Crippen LogP contribution < -0.4 is 5.32 Å². The molecular weight excluding hydrogens is 172 g/mol. The third kappa shape index (κ3) is 1.22. The molecule has 72 valence electrons. The van der Waals surface area contributed by atoms with Crippen molar-refractivity contribution >= 4 is 11.5 Å². The van der Waals surface area contributed by atoms with E-state index >= 15 is 0 Å². The lowest BCUT2D eigenvalue weighted by Crippen LogP contribution is -2.32. The number of hydrogen-bond donors (Lipinski definition) is 1. The fourth-order valence-corrected chi connectivity index (χ4v) is 2.37. The molecule has 0 amide bonds. The molecule has 0 saturated heterocycles. The van der Waals surface area contributed by atoms with Crippen LogP contribution in [0.4, 0.5) is 5.69 Å². The second-order valence-corrected chi connectivity index (χ2v) is 4.09. The van der Waals surface area contributed by atoms with Gasteiger partial charge in [-0.15, -0.1) is 0 Å². The standard InChI is InChI=1S/C12H14N2/c1-2-6-11-9(4-1)8-10-5-3-7-13-12(10)14-11/h1-2,4,6,10H,3,5,7-8H2,(H,13,14). The molecule has 2 heterocycles. The number of para-hydroxylation sites is 1. The summed E-state index contributed by atoms with van der Waals surface area (Å²) < 4.78 is 0. The van der Waals surface area contributed by atoms with Crippen molar-refractivity contribution < 1.29 is 0 Å². The topological polar surface area (TPSA) is 24.4 Å². The third-order valence-corrected chi connectivity index (χ3v) is 3.13. The van der Waals surface area contributed by atoms with Crippen molar-refractivity contribution in [1.29, 1.82) is 0 Å². The molecule has 0 aliphatic carbocycles. The van der Waals surface area contributed by atoms with E-state index in [4.69, 9.17) is 0 Å². The number of fused-ring (bicyclic) bond motifs is 2. The molecular formula is C12H14N2. The Balaban J connectivity index is 2.00. The van der Waals surface area contributed by atoms with E-state index in [0.29, 0.717) is 5.92 Å². The molecule has 0 saturated carbocycles. The summed E-state index contributed by atoms with van der Waals surface area (Å²) in [4.78, 5) is 4.56. The van der Waals surface area contributed by atoms with Gasteiger partial charge in [-0.05, 0) is 30.9 Å². The molecule has 2 heteroatoms. The number of nitrogens with one attached hydrogen (secondary N) is 1. The Bertz CT molecular complexity index is 382. The summed E-state index contributed by atoms with van der Waals surface area (Å²) in [6, 6.07) is 8.55. The van der Waals surface area contributed by atoms with E-state index in [1.807, 2.05) is 0 Å². The fraction of sp³-hybridized carbons (Fsp3) is 0.417. The molecule has 1 aromatic carbocycles. The second-order valence-electron chi connectivity index (χ2n) is 4.09. The molecule has 1 N–H and O–H groups in total. The van der Waals surface area contributed by atoms with Gasteiger partial charge in [0.25, 0.3) is 0 Å². The molecule has 0 bridgehead atoms. The molecule has 1 unspecified atom stereocenters. The van der Waals surface area contributed by atoms with Crippen molar-refractivity contribution in [3.8, 4) is 0 Å². The maximum atomic E-state index is 4.56. The highest BCUT2D eigenvalue weighted by atomic mass is 15.0. The van der Waals surface area contributed by atoms with Crippen LogP contribution in [0, 0.1) is 5.92 Å². The van der Waals surface area contributed by atoms with Gasteiger partial charge in [-0.3, -0.25) is 4.99 Å². The minimum atomic E-state index is 0.652. The van der Waals surface area contributed by atoms with Gasteiger partial charge in [0, 0.05) is 18.2 Å². The lowest BCUT2D eigenvalue weighted by Gasteiger charge is -2.30. The Morgan fingerprint density at radius 3 is 3.21 bits per heavy atom. The lowest BCUT2D eigenvalue weighted by atomic mass is 9.88. The first kappa shape index (κ1) is 8.04. The van der Waals surface area contributed by atoms with Gasteiger partial charge in [0.1, 0.15) is 5.84 Å². The van der Waals surface area contributed by atoms with E-state index in [2.05, 4.69) is 34.6 Å². The van der Waals surface area contributed by atoms with Crippen LogP contribution in [0.5, 0.6) is 0 Å². The van der Waals surface area contributed by atoms with Crippen LogP contribution in [0.1, 0.15) is 18.4 Å². The smallest absolute Gasteiger partial charge is 0.104 e. The number of rotatable bonds is 0. The van der Waals surface area contributed by atoms with E-state index in [1.54, 1.807) is 0 Å². The van der Waals surface area contributed by atoms with Gasteiger partial charge in [0.05, 0.1) is 0 Å². The SMILES string of the molecule is c1ccc2c(c1)CC1CCCN=C1N2. The molecule has 14 heavy (non-hydrogen) atoms. The zero-order valence-corrected chi connectivity index (χ0v) is 8.16. The number of amidine groups is 1. The molecule has 3 rings (SSSR count). The van der Waals surface area contributed by atoms with Crippen LogP contribution >= 0.6 is 0 Å². The van der Waals surface area contributed by atoms with Crippen molar-refractivity contribution in [3.05, 3.63) is 29.8 Å². The molecule has 1 aromatic rings. The van der Waals surface area contributed by atoms with Crippen LogP contribution in [-0.2, 0) is 6.42 Å². The van der Waals surface area contributed by atoms with E-state index in [-0.39, 0.29) is 0 Å². The van der Waals surface area contributed by atoms with Crippen molar-refractivity contribution in [1.82, 2.24) is 0 Å². The molecule has 0 aromatic heterocycles. The average Bonchev–Trinajstić information content (AvgIpc) is 2.26. The lowest BCUT2D eigenvalue weighted by molar-refractivity contribution is 0.558. The van der Waals surface area contributed by atoms with E-state index < -0.39 is 0 Å². The Morgan fingerprint density at radius 2 is 2.21 bits per heavy atom. The Morgan fingerprint density at radius 1 is 1.29 bits per heavy atom. The van der Waals surface area contributed by atoms with Crippen molar-refractivity contribution in [3.63, 3.8) is 0 Å². The number of aliphatic imine (C=N–C) groups is 1. The summed E-state index contributed by atoms with van der Waals surface area (Å²) in [6.45, 7) is 1.00. The van der Waals surface area contributed by atoms with E-state index in [1.165, 1.54) is 36.3 Å². The molecule has 2 aliphatic heterocycles. The van der Waals surface area contributed by atoms with Crippen LogP contribution in [0.3, 0.4) is 0 Å². The maximum absolute atomic E-state index is 4.56. The van der Waals surface area contributed by atoms with Gasteiger partial charge in [0.2, 0.25) is 0 Å². The van der Waals surface area contributed by atoms with Gasteiger partial charge < -0.3 is 5.32 Å². The Kier molecular flexibility index (Phi) is 1.79. The van der Waals surface area contributed by atoms with Gasteiger partial charge in [-0.2, -0.15) is 0 Å². The minimum Gasteiger partial charge on any atom is -0.344 e. The Labute approximate surface area is 84.1 Å². The number of benzene rings is 1. The molecule has 0 fully saturated rings. The highest BCUT2D eigenvalue weighted by molar-refractivity contribution is 6.00. The van der Waals surface area contributed by atoms with Crippen LogP contribution in [0.25, 0.3) is 0 Å². The first-order valence-corrected chi connectivity index (χ1v) is 5.33. The zero-order chi connectivity index (χ0) is 9.38. The second kappa shape index (κ2) is 3.12. The first-order chi connectivity index (χ1) is 6.93. The molecule has 1 atom stereocenters. The zero-order valence-electron chi connectivity index (χ0n) is 8.16. The molecule has 2 nitrogen and oxygen atoms in total. The number of anilines is 1. The first-order valence-electron chi connectivity index (χ1n) is 5.33. The predicted octanol–water partition coefficient (Wildman–Crippen LogP) is 2.46. The van der Waals surface area contributed by atoms with Crippen LogP contribution in [0.15, 0.2) is 29.3 Å². The molecule has 0 spiro atoms. The molecule has 2 aliphatic rings. The third-order valence-electron chi connectivity index (χ3n) is 3.13. The summed E-state index contributed by atoms with van der Waals surface area (Å²) in [5.74, 6) is 1.87. The van der Waals surface area contributed by atoms with Crippen LogP contribution in [0.2, 0.25) is 0 Å². The fourth-order valence-electron chi connectivity index (χ4n) is 2.37. The van der Waals surface area contributed by atoms with Crippen molar-refractivity contribution in [2.24, 2.45) is 10.9 Å². The number of hydrogen-bond acceptors (Lipinski definition) is 2.